The van der Waals surface area contributed by atoms with Gasteiger partial charge in [0.25, 0.3) is 0 Å². The van der Waals surface area contributed by atoms with Crippen molar-refractivity contribution in [2.75, 3.05) is 6.26 Å². The van der Waals surface area contributed by atoms with Crippen LogP contribution in [-0.2, 0) is 4.79 Å². The van der Waals surface area contributed by atoms with Crippen molar-refractivity contribution in [3.05, 3.63) is 0 Å². The number of carbonyl (C=O) groups is 1. The summed E-state index contributed by atoms with van der Waals surface area (Å²) in [5.41, 5.74) is 2.15. The van der Waals surface area contributed by atoms with Crippen LogP contribution >= 0.6 is 34.9 Å². The molecule has 0 saturated carbocycles. The molecule has 84 valence electrons. The van der Waals surface area contributed by atoms with Crippen LogP contribution < -0.4 is 11.3 Å². The molecule has 3 N–H and O–H groups in total. The number of carbonyl (C=O) groups excluding carboxylic acids is 1. The van der Waals surface area contributed by atoms with Crippen molar-refractivity contribution in [3.8, 4) is 0 Å². The van der Waals surface area contributed by atoms with Gasteiger partial charge in [-0.2, -0.15) is 0 Å². The summed E-state index contributed by atoms with van der Waals surface area (Å²) in [7, 11) is 0. The molecule has 1 amide bonds. The molecule has 15 heavy (non-hydrogen) atoms. The smallest absolute Gasteiger partial charge is 0.247 e. The number of amides is 1. The topological polar surface area (TPSA) is 80.9 Å². The summed E-state index contributed by atoms with van der Waals surface area (Å²) in [6.07, 6.45) is 2.65. The predicted octanol–water partition coefficient (Wildman–Crippen LogP) is 1.12. The summed E-state index contributed by atoms with van der Waals surface area (Å²) < 4.78 is 1.70. The molecule has 0 bridgehead atoms. The number of hydrogen-bond donors (Lipinski definition) is 2. The molecule has 5 nitrogen and oxygen atoms in total. The van der Waals surface area contributed by atoms with E-state index in [1.165, 1.54) is 23.1 Å². The zero-order chi connectivity index (χ0) is 11.3. The highest BCUT2D eigenvalue weighted by Gasteiger charge is 2.18. The maximum Gasteiger partial charge on any atom is 0.247 e. The Hall–Kier alpha value is -0.310. The van der Waals surface area contributed by atoms with Crippen molar-refractivity contribution in [1.29, 1.82) is 0 Å². The molecule has 1 unspecified atom stereocenters. The summed E-state index contributed by atoms with van der Waals surface area (Å²) in [4.78, 5) is 11.3. The SMILES string of the molecule is CCC(Sc1nnc(SC)s1)C(=O)NN. The number of nitrogens with one attached hydrogen (secondary N) is 1. The third kappa shape index (κ3) is 3.63. The summed E-state index contributed by atoms with van der Waals surface area (Å²) >= 11 is 4.43. The summed E-state index contributed by atoms with van der Waals surface area (Å²) in [6.45, 7) is 1.93. The maximum atomic E-state index is 11.3. The fourth-order valence-corrected chi connectivity index (χ4v) is 3.48. The highest BCUT2D eigenvalue weighted by Crippen LogP contribution is 2.31. The Morgan fingerprint density at radius 1 is 1.60 bits per heavy atom. The van der Waals surface area contributed by atoms with Gasteiger partial charge in [-0.25, -0.2) is 5.84 Å². The van der Waals surface area contributed by atoms with Gasteiger partial charge in [0.05, 0.1) is 5.25 Å². The molecule has 1 aromatic heterocycles. The van der Waals surface area contributed by atoms with E-state index < -0.39 is 0 Å². The normalized spacial score (nSPS) is 12.5. The molecule has 1 atom stereocenters. The first-order valence-electron chi connectivity index (χ1n) is 4.25. The molecule has 0 aromatic carbocycles. The van der Waals surface area contributed by atoms with Crippen LogP contribution in [0, 0.1) is 0 Å². The molecule has 0 aliphatic carbocycles. The van der Waals surface area contributed by atoms with Crippen LogP contribution in [0.3, 0.4) is 0 Å². The van der Waals surface area contributed by atoms with Crippen molar-refractivity contribution in [1.82, 2.24) is 15.6 Å². The highest BCUT2D eigenvalue weighted by molar-refractivity contribution is 8.03. The van der Waals surface area contributed by atoms with Gasteiger partial charge in [-0.1, -0.05) is 41.8 Å². The molecular weight excluding hydrogens is 252 g/mol. The van der Waals surface area contributed by atoms with Crippen LogP contribution in [0.15, 0.2) is 8.68 Å². The standard InChI is InChI=1S/C7H12N4OS3/c1-3-4(5(12)9-8)14-7-11-10-6(13-2)15-7/h4H,3,8H2,1-2H3,(H,9,12). The average molecular weight is 264 g/mol. The first-order chi connectivity index (χ1) is 7.21. The van der Waals surface area contributed by atoms with Gasteiger partial charge in [-0.3, -0.25) is 10.2 Å². The molecule has 8 heteroatoms. The van der Waals surface area contributed by atoms with E-state index in [-0.39, 0.29) is 11.2 Å². The molecule has 0 saturated heterocycles. The molecule has 0 fully saturated rings. The summed E-state index contributed by atoms with van der Waals surface area (Å²) in [5.74, 6) is 4.91. The maximum absolute atomic E-state index is 11.3. The predicted molar refractivity (Wildman–Crippen MR) is 64.0 cm³/mol. The van der Waals surface area contributed by atoms with Crippen LogP contribution in [0.2, 0.25) is 0 Å². The van der Waals surface area contributed by atoms with Crippen LogP contribution in [0.1, 0.15) is 13.3 Å². The van der Waals surface area contributed by atoms with Gasteiger partial charge in [-0.05, 0) is 12.7 Å². The lowest BCUT2D eigenvalue weighted by Gasteiger charge is -2.09. The van der Waals surface area contributed by atoms with Gasteiger partial charge < -0.3 is 0 Å². The second kappa shape index (κ2) is 6.31. The number of nitrogens with zero attached hydrogens (tertiary/aromatic N) is 2. The highest BCUT2D eigenvalue weighted by atomic mass is 32.2. The minimum absolute atomic E-state index is 0.177. The third-order valence-corrected chi connectivity index (χ3v) is 4.96. The molecule has 0 spiro atoms. The van der Waals surface area contributed by atoms with E-state index in [9.17, 15) is 4.79 Å². The zero-order valence-electron chi connectivity index (χ0n) is 8.39. The van der Waals surface area contributed by atoms with Gasteiger partial charge in [-0.15, -0.1) is 10.2 Å². The van der Waals surface area contributed by atoms with E-state index in [1.807, 2.05) is 13.2 Å². The Morgan fingerprint density at radius 3 is 2.73 bits per heavy atom. The molecule has 0 aliphatic rings. The van der Waals surface area contributed by atoms with Crippen molar-refractivity contribution in [2.45, 2.75) is 27.3 Å². The van der Waals surface area contributed by atoms with Gasteiger partial charge >= 0.3 is 0 Å². The Kier molecular flexibility index (Phi) is 5.37. The van der Waals surface area contributed by atoms with Gasteiger partial charge in [0.15, 0.2) is 8.68 Å². The molecule has 1 aromatic rings. The van der Waals surface area contributed by atoms with E-state index in [4.69, 9.17) is 5.84 Å². The third-order valence-electron chi connectivity index (χ3n) is 1.61. The van der Waals surface area contributed by atoms with Crippen molar-refractivity contribution < 1.29 is 4.79 Å². The fourth-order valence-electron chi connectivity index (χ4n) is 0.864. The lowest BCUT2D eigenvalue weighted by molar-refractivity contribution is -0.120. The number of hydrogen-bond acceptors (Lipinski definition) is 7. The quantitative estimate of drug-likeness (QED) is 0.359. The second-order valence-corrected chi connectivity index (χ2v) is 6.04. The van der Waals surface area contributed by atoms with E-state index in [0.717, 1.165) is 8.68 Å². The monoisotopic (exact) mass is 264 g/mol. The van der Waals surface area contributed by atoms with Gasteiger partial charge in [0.2, 0.25) is 5.91 Å². The van der Waals surface area contributed by atoms with E-state index >= 15 is 0 Å². The minimum Gasteiger partial charge on any atom is -0.293 e. The van der Waals surface area contributed by atoms with E-state index in [0.29, 0.717) is 6.42 Å². The zero-order valence-corrected chi connectivity index (χ0v) is 10.8. The summed E-state index contributed by atoms with van der Waals surface area (Å²) in [5, 5.41) is 7.74. The van der Waals surface area contributed by atoms with Crippen LogP contribution in [0.5, 0.6) is 0 Å². The number of rotatable bonds is 5. The number of aromatic nitrogens is 2. The number of thioether (sulfide) groups is 2. The first kappa shape index (κ1) is 12.8. The fraction of sp³-hybridized carbons (Fsp3) is 0.571. The van der Waals surface area contributed by atoms with Crippen LogP contribution in [-0.4, -0.2) is 27.6 Å². The molecule has 1 heterocycles. The van der Waals surface area contributed by atoms with E-state index in [2.05, 4.69) is 15.6 Å². The van der Waals surface area contributed by atoms with Crippen molar-refractivity contribution in [3.63, 3.8) is 0 Å². The average Bonchev–Trinajstić information content (AvgIpc) is 2.72. The largest absolute Gasteiger partial charge is 0.293 e. The van der Waals surface area contributed by atoms with Gasteiger partial charge in [0.1, 0.15) is 0 Å². The minimum atomic E-state index is -0.197. The lowest BCUT2D eigenvalue weighted by atomic mass is 10.3. The Balaban J connectivity index is 2.62. The Morgan fingerprint density at radius 2 is 2.27 bits per heavy atom. The first-order valence-corrected chi connectivity index (χ1v) is 7.18. The second-order valence-electron chi connectivity index (χ2n) is 2.56. The molecule has 0 aliphatic heterocycles. The molecule has 1 rings (SSSR count). The van der Waals surface area contributed by atoms with Crippen LogP contribution in [0.25, 0.3) is 0 Å². The number of hydrazine groups is 1. The number of nitrogens with two attached hydrogens (primary N) is 1. The summed E-state index contributed by atoms with van der Waals surface area (Å²) in [6, 6.07) is 0. The Bertz CT molecular complexity index is 330. The van der Waals surface area contributed by atoms with Crippen molar-refractivity contribution in [2.24, 2.45) is 5.84 Å². The van der Waals surface area contributed by atoms with Crippen molar-refractivity contribution >= 4 is 40.8 Å². The van der Waals surface area contributed by atoms with Crippen LogP contribution in [0.4, 0.5) is 0 Å². The Labute approximate surface area is 101 Å². The van der Waals surface area contributed by atoms with E-state index in [1.54, 1.807) is 11.8 Å². The molecule has 0 radical (unpaired) electrons. The van der Waals surface area contributed by atoms with Gasteiger partial charge in [0, 0.05) is 0 Å². The lowest BCUT2D eigenvalue weighted by Crippen LogP contribution is -2.37. The molecular formula is C7H12N4OS3.